The first-order valence-corrected chi connectivity index (χ1v) is 6.88. The maximum Gasteiger partial charge on any atom is 0.131 e. The fraction of sp³-hybridized carbons (Fsp3) is 0.0556. The summed E-state index contributed by atoms with van der Waals surface area (Å²) < 4.78 is 14.3. The molecule has 3 rings (SSSR count). The molecule has 0 saturated carbocycles. The van der Waals surface area contributed by atoms with E-state index in [0.29, 0.717) is 5.56 Å². The molecule has 2 heterocycles. The molecule has 3 nitrogen and oxygen atoms in total. The molecule has 22 heavy (non-hydrogen) atoms. The van der Waals surface area contributed by atoms with Crippen LogP contribution in [0.5, 0.6) is 0 Å². The van der Waals surface area contributed by atoms with Crippen molar-refractivity contribution in [3.05, 3.63) is 78.4 Å². The molecule has 0 aliphatic rings. The number of hydrogen-bond donors (Lipinski definition) is 0. The highest BCUT2D eigenvalue weighted by molar-refractivity contribution is 5.79. The van der Waals surface area contributed by atoms with Gasteiger partial charge >= 0.3 is 0 Å². The zero-order valence-corrected chi connectivity index (χ0v) is 12.1. The van der Waals surface area contributed by atoms with Crippen LogP contribution in [0.15, 0.2) is 61.3 Å². The van der Waals surface area contributed by atoms with E-state index < -0.39 is 0 Å². The number of allylic oxidation sites excluding steroid dienone is 1. The Balaban J connectivity index is 1.93. The smallest absolute Gasteiger partial charge is 0.131 e. The second-order valence-corrected chi connectivity index (χ2v) is 4.89. The van der Waals surface area contributed by atoms with Gasteiger partial charge in [-0.1, -0.05) is 12.1 Å². The molecular weight excluding hydrogens is 277 g/mol. The summed E-state index contributed by atoms with van der Waals surface area (Å²) in [4.78, 5) is 12.2. The average Bonchev–Trinajstić information content (AvgIpc) is 2.58. The average molecular weight is 291 g/mol. The molecule has 2 aromatic heterocycles. The molecule has 0 spiro atoms. The number of halogens is 1. The van der Waals surface area contributed by atoms with Crippen LogP contribution in [0.4, 0.5) is 4.39 Å². The Morgan fingerprint density at radius 3 is 2.45 bits per heavy atom. The number of nitrogens with zero attached hydrogens (tertiary/aromatic N) is 3. The van der Waals surface area contributed by atoms with E-state index in [9.17, 15) is 4.39 Å². The molecule has 0 aliphatic carbocycles. The fourth-order valence-electron chi connectivity index (χ4n) is 2.18. The molecule has 0 aliphatic heterocycles. The van der Waals surface area contributed by atoms with E-state index >= 15 is 0 Å². The second kappa shape index (κ2) is 6.26. The Morgan fingerprint density at radius 1 is 0.955 bits per heavy atom. The monoisotopic (exact) mass is 291 g/mol. The summed E-state index contributed by atoms with van der Waals surface area (Å²) in [5, 5.41) is 0. The topological polar surface area (TPSA) is 38.7 Å². The van der Waals surface area contributed by atoms with Crippen molar-refractivity contribution in [1.82, 2.24) is 15.0 Å². The van der Waals surface area contributed by atoms with E-state index in [1.165, 1.54) is 6.07 Å². The van der Waals surface area contributed by atoms with E-state index in [1.54, 1.807) is 43.1 Å². The molecule has 0 radical (unpaired) electrons. The minimum absolute atomic E-state index is 0.266. The van der Waals surface area contributed by atoms with Crippen LogP contribution in [0.25, 0.3) is 22.8 Å². The molecule has 108 valence electrons. The van der Waals surface area contributed by atoms with Crippen molar-refractivity contribution in [2.45, 2.75) is 6.92 Å². The predicted octanol–water partition coefficient (Wildman–Crippen LogP) is 4.24. The highest BCUT2D eigenvalue weighted by atomic mass is 19.1. The first kappa shape index (κ1) is 14.1. The summed E-state index contributed by atoms with van der Waals surface area (Å²) in [5.41, 5.74) is 3.90. The van der Waals surface area contributed by atoms with Gasteiger partial charge in [-0.15, -0.1) is 0 Å². The lowest BCUT2D eigenvalue weighted by molar-refractivity contribution is 0.625. The van der Waals surface area contributed by atoms with Gasteiger partial charge in [-0.2, -0.15) is 0 Å². The zero-order valence-electron chi connectivity index (χ0n) is 12.1. The minimum Gasteiger partial charge on any atom is -0.265 e. The van der Waals surface area contributed by atoms with Crippen molar-refractivity contribution in [1.29, 1.82) is 0 Å². The van der Waals surface area contributed by atoms with Gasteiger partial charge < -0.3 is 0 Å². The summed E-state index contributed by atoms with van der Waals surface area (Å²) >= 11 is 0. The summed E-state index contributed by atoms with van der Waals surface area (Å²) in [6, 6.07) is 8.91. The molecule has 3 aromatic rings. The van der Waals surface area contributed by atoms with E-state index in [1.807, 2.05) is 25.1 Å². The lowest BCUT2D eigenvalue weighted by Gasteiger charge is -2.05. The highest BCUT2D eigenvalue weighted by Gasteiger charge is 2.05. The summed E-state index contributed by atoms with van der Waals surface area (Å²) in [6.45, 7) is 1.89. The Hall–Kier alpha value is -2.88. The van der Waals surface area contributed by atoms with Crippen LogP contribution in [0.3, 0.4) is 0 Å². The van der Waals surface area contributed by atoms with E-state index in [0.717, 1.165) is 22.4 Å². The van der Waals surface area contributed by atoms with E-state index in [4.69, 9.17) is 0 Å². The van der Waals surface area contributed by atoms with Gasteiger partial charge in [-0.3, -0.25) is 15.0 Å². The van der Waals surface area contributed by atoms with Crippen molar-refractivity contribution in [2.75, 3.05) is 0 Å². The van der Waals surface area contributed by atoms with Crippen LogP contribution in [-0.4, -0.2) is 15.0 Å². The van der Waals surface area contributed by atoms with Crippen LogP contribution in [-0.2, 0) is 0 Å². The van der Waals surface area contributed by atoms with E-state index in [2.05, 4.69) is 15.0 Å². The highest BCUT2D eigenvalue weighted by Crippen LogP contribution is 2.23. The van der Waals surface area contributed by atoms with Gasteiger partial charge in [0, 0.05) is 30.4 Å². The first-order valence-electron chi connectivity index (χ1n) is 6.88. The summed E-state index contributed by atoms with van der Waals surface area (Å²) in [6.07, 6.45) is 10.1. The van der Waals surface area contributed by atoms with Crippen LogP contribution in [0, 0.1) is 5.82 Å². The summed E-state index contributed by atoms with van der Waals surface area (Å²) in [7, 11) is 0. The molecule has 0 saturated heterocycles. The normalized spacial score (nSPS) is 11.5. The van der Waals surface area contributed by atoms with Crippen molar-refractivity contribution < 1.29 is 4.39 Å². The van der Waals surface area contributed by atoms with Crippen molar-refractivity contribution in [3.8, 4) is 11.1 Å². The Labute approximate surface area is 128 Å². The largest absolute Gasteiger partial charge is 0.265 e. The van der Waals surface area contributed by atoms with Crippen LogP contribution in [0.2, 0.25) is 0 Å². The molecule has 0 amide bonds. The molecular formula is C18H14FN3. The van der Waals surface area contributed by atoms with Gasteiger partial charge in [0.1, 0.15) is 5.82 Å². The third-order valence-electron chi connectivity index (χ3n) is 3.35. The lowest BCUT2D eigenvalue weighted by Crippen LogP contribution is -1.89. The van der Waals surface area contributed by atoms with Crippen molar-refractivity contribution in [3.63, 3.8) is 0 Å². The molecule has 0 unspecified atom stereocenters. The van der Waals surface area contributed by atoms with Gasteiger partial charge in [0.05, 0.1) is 11.9 Å². The van der Waals surface area contributed by atoms with Gasteiger partial charge in [0.15, 0.2) is 0 Å². The van der Waals surface area contributed by atoms with Gasteiger partial charge in [0.25, 0.3) is 0 Å². The first-order chi connectivity index (χ1) is 10.7. The number of hydrogen-bond acceptors (Lipinski definition) is 3. The van der Waals surface area contributed by atoms with Gasteiger partial charge in [-0.25, -0.2) is 4.39 Å². The number of pyridine rings is 1. The Morgan fingerprint density at radius 2 is 1.77 bits per heavy atom. The standard InChI is InChI=1S/C18H14FN3/c1-13(18-12-21-8-9-22-18)10-16-3-2-15(11-17(16)19)14-4-6-20-7-5-14/h2-12H,1H3/b13-10-. The molecule has 0 atom stereocenters. The number of rotatable bonds is 3. The van der Waals surface area contributed by atoms with Crippen molar-refractivity contribution >= 4 is 11.6 Å². The number of aromatic nitrogens is 3. The fourth-order valence-corrected chi connectivity index (χ4v) is 2.18. The maximum atomic E-state index is 14.3. The minimum atomic E-state index is -0.266. The van der Waals surface area contributed by atoms with E-state index in [-0.39, 0.29) is 5.82 Å². The van der Waals surface area contributed by atoms with Crippen LogP contribution < -0.4 is 0 Å². The molecule has 0 fully saturated rings. The molecule has 0 N–H and O–H groups in total. The number of benzene rings is 1. The van der Waals surface area contributed by atoms with Gasteiger partial charge in [0.2, 0.25) is 0 Å². The predicted molar refractivity (Wildman–Crippen MR) is 85.2 cm³/mol. The lowest BCUT2D eigenvalue weighted by atomic mass is 10.0. The second-order valence-electron chi connectivity index (χ2n) is 4.89. The maximum absolute atomic E-state index is 14.3. The quantitative estimate of drug-likeness (QED) is 0.724. The van der Waals surface area contributed by atoms with Crippen LogP contribution >= 0.6 is 0 Å². The Kier molecular flexibility index (Phi) is 4.01. The zero-order chi connectivity index (χ0) is 15.4. The Bertz CT molecular complexity index is 799. The summed E-state index contributed by atoms with van der Waals surface area (Å²) in [5.74, 6) is -0.266. The third-order valence-corrected chi connectivity index (χ3v) is 3.35. The molecule has 4 heteroatoms. The third kappa shape index (κ3) is 3.06. The SMILES string of the molecule is C/C(=C/c1ccc(-c2ccncc2)cc1F)c1cnccn1. The van der Waals surface area contributed by atoms with Crippen LogP contribution in [0.1, 0.15) is 18.2 Å². The van der Waals surface area contributed by atoms with Crippen molar-refractivity contribution in [2.24, 2.45) is 0 Å². The molecule has 0 bridgehead atoms. The van der Waals surface area contributed by atoms with Gasteiger partial charge in [-0.05, 0) is 47.9 Å². The molecule has 1 aromatic carbocycles.